The second kappa shape index (κ2) is 25.6. The number of hydrogen-bond donors (Lipinski definition) is 0. The molecule has 0 saturated heterocycles. The van der Waals surface area contributed by atoms with Gasteiger partial charge in [-0.05, 0) is 182 Å². The van der Waals surface area contributed by atoms with Gasteiger partial charge in [-0.25, -0.2) is 19.9 Å². The standard InChI is InChI=1S/C82H80N6O2/c1-7-11-15-27-61-63(29-17-13-9-3)79-77(53-37-43-59(89-5)44-38-53)67-51-57(41-47-75(67)87(79)81-65(61)49-55-25-19-21-31-71(55)85-81)69-33-23-35-73(83-69)74-36-24-34-70(84-74)58-42-48-76-68(52-58)78(54-39-45-60(90-6)46-40-54)80-64(30-18-14-10-4)62(28-16-12-8-2)66-50-56-26-20-22-32-72(56)86-82(66)88(76)80/h19-26,31-52H,7-18,27-30H2,1-6H3. The lowest BCUT2D eigenvalue weighted by Crippen LogP contribution is -2.05. The Morgan fingerprint density at radius 1 is 0.322 bits per heavy atom. The summed E-state index contributed by atoms with van der Waals surface area (Å²) in [6.45, 7) is 9.21. The molecule has 0 saturated carbocycles. The Kier molecular flexibility index (Phi) is 16.6. The Morgan fingerprint density at radius 3 is 1.08 bits per heavy atom. The van der Waals surface area contributed by atoms with Crippen molar-refractivity contribution < 1.29 is 9.47 Å². The number of nitrogens with zero attached hydrogens (tertiary/aromatic N) is 6. The predicted molar refractivity (Wildman–Crippen MR) is 378 cm³/mol. The van der Waals surface area contributed by atoms with Crippen molar-refractivity contribution in [3.8, 4) is 67.7 Å². The van der Waals surface area contributed by atoms with E-state index < -0.39 is 0 Å². The Balaban J connectivity index is 0.933. The van der Waals surface area contributed by atoms with Gasteiger partial charge in [0, 0.05) is 54.6 Å². The molecule has 0 amide bonds. The van der Waals surface area contributed by atoms with Gasteiger partial charge >= 0.3 is 0 Å². The van der Waals surface area contributed by atoms with Crippen molar-refractivity contribution >= 4 is 76.7 Å². The van der Waals surface area contributed by atoms with Crippen LogP contribution in [0.15, 0.2) is 182 Å². The largest absolute Gasteiger partial charge is 0.497 e. The molecule has 0 aliphatic heterocycles. The number of aromatic nitrogens is 6. The molecule has 14 rings (SSSR count). The molecule has 0 aliphatic rings. The molecule has 0 aliphatic carbocycles. The number of pyridine rings is 6. The summed E-state index contributed by atoms with van der Waals surface area (Å²) in [5.41, 5.74) is 24.8. The molecule has 8 heteroatoms. The first-order valence-corrected chi connectivity index (χ1v) is 33.3. The van der Waals surface area contributed by atoms with E-state index in [1.165, 1.54) is 115 Å². The van der Waals surface area contributed by atoms with Gasteiger partial charge in [0.2, 0.25) is 0 Å². The minimum Gasteiger partial charge on any atom is -0.497 e. The zero-order valence-corrected chi connectivity index (χ0v) is 53.1. The number of rotatable bonds is 23. The van der Waals surface area contributed by atoms with Gasteiger partial charge in [-0.15, -0.1) is 0 Å². The van der Waals surface area contributed by atoms with Gasteiger partial charge in [0.05, 0.1) is 70.1 Å². The molecule has 450 valence electrons. The van der Waals surface area contributed by atoms with Crippen molar-refractivity contribution in [2.75, 3.05) is 14.2 Å². The van der Waals surface area contributed by atoms with Gasteiger partial charge in [0.15, 0.2) is 0 Å². The molecule has 0 bridgehead atoms. The van der Waals surface area contributed by atoms with Crippen molar-refractivity contribution in [1.82, 2.24) is 28.7 Å². The van der Waals surface area contributed by atoms with Crippen LogP contribution in [0.25, 0.3) is 133 Å². The number of hydrogen-bond acceptors (Lipinski definition) is 6. The summed E-state index contributed by atoms with van der Waals surface area (Å²) < 4.78 is 16.5. The number of para-hydroxylation sites is 2. The minimum atomic E-state index is 0.815. The van der Waals surface area contributed by atoms with E-state index in [4.69, 9.17) is 29.4 Å². The smallest absolute Gasteiger partial charge is 0.145 e. The van der Waals surface area contributed by atoms with Crippen LogP contribution in [0.2, 0.25) is 0 Å². The van der Waals surface area contributed by atoms with Crippen LogP contribution in [-0.4, -0.2) is 43.0 Å². The lowest BCUT2D eigenvalue weighted by atomic mass is 9.91. The average molecular weight is 1180 g/mol. The number of methoxy groups -OCH3 is 2. The Labute approximate surface area is 528 Å². The highest BCUT2D eigenvalue weighted by Gasteiger charge is 2.27. The van der Waals surface area contributed by atoms with Crippen LogP contribution >= 0.6 is 0 Å². The number of benzene rings is 6. The third kappa shape index (κ3) is 10.7. The number of aryl methyl sites for hydroxylation is 4. The van der Waals surface area contributed by atoms with Gasteiger partial charge in [-0.1, -0.05) is 164 Å². The molecular weight excluding hydrogens is 1100 g/mol. The number of unbranched alkanes of at least 4 members (excludes halogenated alkanes) is 8. The van der Waals surface area contributed by atoms with Crippen molar-refractivity contribution in [3.05, 3.63) is 204 Å². The summed E-state index contributed by atoms with van der Waals surface area (Å²) in [7, 11) is 3.48. The molecule has 0 radical (unpaired) electrons. The SMILES string of the molecule is CCCCCc1c(CCCCC)c2c(-c3ccc(OC)cc3)c3cc(-c4cccc(-c5cccc(-c6ccc7c(c6)c(-c6ccc(OC)cc6)c6c(CCCCC)c(CCCCC)c8cc9ccccc9nc8n67)n5)n4)ccc3n2c2nc3ccccc3cc12. The van der Waals surface area contributed by atoms with Gasteiger partial charge < -0.3 is 9.47 Å². The third-order valence-electron chi connectivity index (χ3n) is 18.9. The van der Waals surface area contributed by atoms with Gasteiger partial charge in [0.1, 0.15) is 22.8 Å². The van der Waals surface area contributed by atoms with Crippen molar-refractivity contribution in [2.24, 2.45) is 0 Å². The van der Waals surface area contributed by atoms with Crippen LogP contribution in [0.3, 0.4) is 0 Å². The summed E-state index contributed by atoms with van der Waals surface area (Å²) in [6, 6.07) is 66.0. The molecule has 90 heavy (non-hydrogen) atoms. The van der Waals surface area contributed by atoms with E-state index in [0.717, 1.165) is 154 Å². The maximum Gasteiger partial charge on any atom is 0.145 e. The molecule has 0 spiro atoms. The highest BCUT2D eigenvalue weighted by Crippen LogP contribution is 2.47. The summed E-state index contributed by atoms with van der Waals surface area (Å²) in [5.74, 6) is 1.67. The van der Waals surface area contributed by atoms with Crippen LogP contribution in [0.5, 0.6) is 11.5 Å². The van der Waals surface area contributed by atoms with Crippen molar-refractivity contribution in [1.29, 1.82) is 0 Å². The lowest BCUT2D eigenvalue weighted by Gasteiger charge is -2.19. The van der Waals surface area contributed by atoms with Gasteiger partial charge in [0.25, 0.3) is 0 Å². The van der Waals surface area contributed by atoms with Crippen LogP contribution in [0.4, 0.5) is 0 Å². The normalized spacial score (nSPS) is 11.9. The highest BCUT2D eigenvalue weighted by atomic mass is 16.5. The predicted octanol–water partition coefficient (Wildman–Crippen LogP) is 22.0. The number of fused-ring (bicyclic) bond motifs is 12. The highest BCUT2D eigenvalue weighted by molar-refractivity contribution is 6.13. The first kappa shape index (κ1) is 58.3. The molecule has 6 aromatic carbocycles. The molecule has 14 aromatic rings. The molecule has 8 heterocycles. The summed E-state index contributed by atoms with van der Waals surface area (Å²) in [6.07, 6.45) is 17.9. The zero-order chi connectivity index (χ0) is 61.2. The second-order valence-electron chi connectivity index (χ2n) is 24.7. The quantitative estimate of drug-likeness (QED) is 0.0469. The Hall–Kier alpha value is -9.40. The number of ether oxygens (including phenoxy) is 2. The molecule has 0 fully saturated rings. The Bertz CT molecular complexity index is 4660. The lowest BCUT2D eigenvalue weighted by molar-refractivity contribution is 0.415. The van der Waals surface area contributed by atoms with E-state index in [-0.39, 0.29) is 0 Å². The molecule has 8 aromatic heterocycles. The van der Waals surface area contributed by atoms with E-state index in [9.17, 15) is 0 Å². The van der Waals surface area contributed by atoms with Crippen LogP contribution in [0, 0.1) is 0 Å². The van der Waals surface area contributed by atoms with E-state index in [0.29, 0.717) is 0 Å². The fraction of sp³-hybridized carbons (Fsp3) is 0.268. The topological polar surface area (TPSA) is 78.8 Å². The van der Waals surface area contributed by atoms with E-state index in [2.05, 4.69) is 218 Å². The average Bonchev–Trinajstić information content (AvgIpc) is 1.53. The first-order valence-electron chi connectivity index (χ1n) is 33.3. The van der Waals surface area contributed by atoms with Crippen molar-refractivity contribution in [2.45, 2.75) is 130 Å². The summed E-state index contributed by atoms with van der Waals surface area (Å²) in [5, 5.41) is 7.21. The maximum absolute atomic E-state index is 5.76. The van der Waals surface area contributed by atoms with Crippen LogP contribution in [-0.2, 0) is 25.7 Å². The van der Waals surface area contributed by atoms with Crippen LogP contribution < -0.4 is 9.47 Å². The fourth-order valence-electron chi connectivity index (χ4n) is 14.4. The zero-order valence-electron chi connectivity index (χ0n) is 53.1. The maximum atomic E-state index is 5.76. The molecule has 0 unspecified atom stereocenters. The van der Waals surface area contributed by atoms with Crippen LogP contribution in [0.1, 0.15) is 127 Å². The first-order chi connectivity index (χ1) is 44.4. The molecule has 0 atom stereocenters. The molecular formula is C82H80N6O2. The van der Waals surface area contributed by atoms with Gasteiger partial charge in [-0.2, -0.15) is 0 Å². The summed E-state index contributed by atoms with van der Waals surface area (Å²) in [4.78, 5) is 22.2. The fourth-order valence-corrected chi connectivity index (χ4v) is 14.4. The monoisotopic (exact) mass is 1180 g/mol. The third-order valence-corrected chi connectivity index (χ3v) is 18.9. The second-order valence-corrected chi connectivity index (χ2v) is 24.7. The molecule has 8 nitrogen and oxygen atoms in total. The van der Waals surface area contributed by atoms with Crippen molar-refractivity contribution in [3.63, 3.8) is 0 Å². The van der Waals surface area contributed by atoms with Gasteiger partial charge in [-0.3, -0.25) is 8.80 Å². The minimum absolute atomic E-state index is 0.815. The van der Waals surface area contributed by atoms with E-state index >= 15 is 0 Å². The Morgan fingerprint density at radius 2 is 0.689 bits per heavy atom. The summed E-state index contributed by atoms with van der Waals surface area (Å²) >= 11 is 0. The van der Waals surface area contributed by atoms with E-state index in [1.807, 2.05) is 0 Å². The van der Waals surface area contributed by atoms with E-state index in [1.54, 1.807) is 14.2 Å². The molecule has 0 N–H and O–H groups in total.